The van der Waals surface area contributed by atoms with Crippen molar-refractivity contribution in [2.75, 3.05) is 0 Å². The van der Waals surface area contributed by atoms with Crippen LogP contribution in [0.3, 0.4) is 0 Å². The lowest BCUT2D eigenvalue weighted by molar-refractivity contribution is 0.787. The lowest BCUT2D eigenvalue weighted by Crippen LogP contribution is -2.16. The molecule has 3 nitrogen and oxygen atoms in total. The van der Waals surface area contributed by atoms with E-state index in [4.69, 9.17) is 5.73 Å². The van der Waals surface area contributed by atoms with Crippen LogP contribution in [0.2, 0.25) is 0 Å². The minimum Gasteiger partial charge on any atom is -0.320 e. The van der Waals surface area contributed by atoms with Gasteiger partial charge in [-0.1, -0.05) is 44.5 Å². The van der Waals surface area contributed by atoms with Gasteiger partial charge < -0.3 is 5.73 Å². The van der Waals surface area contributed by atoms with Crippen molar-refractivity contribution in [1.29, 1.82) is 0 Å². The summed E-state index contributed by atoms with van der Waals surface area (Å²) in [6, 6.07) is 10.5. The van der Waals surface area contributed by atoms with Gasteiger partial charge in [0.15, 0.2) is 0 Å². The fraction of sp³-hybridized carbons (Fsp3) is 0.412. The lowest BCUT2D eigenvalue weighted by Gasteiger charge is -2.16. The number of rotatable bonds is 5. The van der Waals surface area contributed by atoms with Gasteiger partial charge in [-0.3, -0.25) is 0 Å². The third kappa shape index (κ3) is 3.23. The predicted octanol–water partition coefficient (Wildman–Crippen LogP) is 3.35. The maximum atomic E-state index is 6.46. The maximum absolute atomic E-state index is 6.46. The summed E-state index contributed by atoms with van der Waals surface area (Å²) in [7, 11) is 0. The van der Waals surface area contributed by atoms with Crippen molar-refractivity contribution in [2.45, 2.75) is 46.1 Å². The highest BCUT2D eigenvalue weighted by atomic mass is 15.1. The average molecular weight is 269 g/mol. The van der Waals surface area contributed by atoms with Gasteiger partial charge in [-0.05, 0) is 42.5 Å². The van der Waals surface area contributed by atoms with Crippen LogP contribution in [0.25, 0.3) is 0 Å². The molecule has 0 aliphatic carbocycles. The second-order valence-electron chi connectivity index (χ2n) is 5.21. The Bertz CT molecular complexity index is 578. The van der Waals surface area contributed by atoms with Gasteiger partial charge in [0.05, 0.1) is 17.4 Å². The first-order valence-corrected chi connectivity index (χ1v) is 7.33. The highest BCUT2D eigenvalue weighted by Crippen LogP contribution is 2.23. The molecule has 1 atom stereocenters. The summed E-state index contributed by atoms with van der Waals surface area (Å²) in [4.78, 5) is 0. The van der Waals surface area contributed by atoms with Gasteiger partial charge in [0.2, 0.25) is 0 Å². The van der Waals surface area contributed by atoms with E-state index in [0.717, 1.165) is 41.8 Å². The quantitative estimate of drug-likeness (QED) is 0.905. The van der Waals surface area contributed by atoms with E-state index in [-0.39, 0.29) is 6.04 Å². The number of aromatic nitrogens is 2. The van der Waals surface area contributed by atoms with E-state index in [2.05, 4.69) is 54.4 Å². The fourth-order valence-corrected chi connectivity index (χ4v) is 2.49. The van der Waals surface area contributed by atoms with Crippen LogP contribution < -0.4 is 5.73 Å². The van der Waals surface area contributed by atoms with Crippen LogP contribution in [0.1, 0.15) is 54.4 Å². The van der Waals surface area contributed by atoms with E-state index in [1.54, 1.807) is 0 Å². The first-order chi connectivity index (χ1) is 9.65. The van der Waals surface area contributed by atoms with Crippen molar-refractivity contribution in [3.8, 4) is 0 Å². The Morgan fingerprint density at radius 2 is 1.95 bits per heavy atom. The van der Waals surface area contributed by atoms with Crippen LogP contribution in [0.15, 0.2) is 30.3 Å². The minimum atomic E-state index is -0.129. The van der Waals surface area contributed by atoms with Crippen molar-refractivity contribution in [1.82, 2.24) is 10.2 Å². The molecule has 3 heteroatoms. The second-order valence-corrected chi connectivity index (χ2v) is 5.21. The summed E-state index contributed by atoms with van der Waals surface area (Å²) >= 11 is 0. The number of hydrogen-bond acceptors (Lipinski definition) is 3. The minimum absolute atomic E-state index is 0.129. The predicted molar refractivity (Wildman–Crippen MR) is 82.6 cm³/mol. The second kappa shape index (κ2) is 6.62. The number of aryl methyl sites for hydroxylation is 3. The summed E-state index contributed by atoms with van der Waals surface area (Å²) in [6.07, 6.45) is 3.09. The molecule has 1 heterocycles. The van der Waals surface area contributed by atoms with E-state index < -0.39 is 0 Å². The zero-order valence-electron chi connectivity index (χ0n) is 12.6. The van der Waals surface area contributed by atoms with Gasteiger partial charge in [0.1, 0.15) is 0 Å². The molecule has 0 bridgehead atoms. The Morgan fingerprint density at radius 1 is 1.15 bits per heavy atom. The normalized spacial score (nSPS) is 12.4. The van der Waals surface area contributed by atoms with Crippen molar-refractivity contribution in [3.05, 3.63) is 58.4 Å². The standard InChI is InChI=1S/C17H23N3/c1-4-7-13-8-6-9-14(11-13)17(18)15-10-12(3)19-20-16(15)5-2/h6,8-11,17H,4-5,7,18H2,1-3H3. The molecule has 0 aliphatic heterocycles. The molecule has 0 aliphatic rings. The Balaban J connectivity index is 2.37. The van der Waals surface area contributed by atoms with Crippen LogP contribution in [-0.4, -0.2) is 10.2 Å². The molecule has 0 fully saturated rings. The topological polar surface area (TPSA) is 51.8 Å². The molecule has 1 aromatic heterocycles. The molecule has 2 rings (SSSR count). The van der Waals surface area contributed by atoms with Crippen LogP contribution in [0, 0.1) is 6.92 Å². The molecule has 1 unspecified atom stereocenters. The lowest BCUT2D eigenvalue weighted by atomic mass is 9.95. The van der Waals surface area contributed by atoms with Crippen molar-refractivity contribution in [2.24, 2.45) is 5.73 Å². The molecule has 2 aromatic rings. The molecule has 0 saturated heterocycles. The van der Waals surface area contributed by atoms with E-state index in [1.807, 2.05) is 6.92 Å². The summed E-state index contributed by atoms with van der Waals surface area (Å²) in [5.41, 5.74) is 11.9. The first-order valence-electron chi connectivity index (χ1n) is 7.33. The fourth-order valence-electron chi connectivity index (χ4n) is 2.49. The Kier molecular flexibility index (Phi) is 4.85. The zero-order chi connectivity index (χ0) is 14.5. The SMILES string of the molecule is CCCc1cccc(C(N)c2cc(C)nnc2CC)c1. The highest BCUT2D eigenvalue weighted by Gasteiger charge is 2.14. The first kappa shape index (κ1) is 14.7. The van der Waals surface area contributed by atoms with Crippen molar-refractivity contribution in [3.63, 3.8) is 0 Å². The molecule has 106 valence electrons. The van der Waals surface area contributed by atoms with E-state index in [0.29, 0.717) is 0 Å². The Morgan fingerprint density at radius 3 is 2.65 bits per heavy atom. The van der Waals surface area contributed by atoms with Gasteiger partial charge in [-0.25, -0.2) is 0 Å². The Hall–Kier alpha value is -1.74. The molecule has 20 heavy (non-hydrogen) atoms. The van der Waals surface area contributed by atoms with Crippen LogP contribution in [0.4, 0.5) is 0 Å². The third-order valence-corrected chi connectivity index (χ3v) is 3.54. The van der Waals surface area contributed by atoms with Crippen molar-refractivity contribution >= 4 is 0 Å². The summed E-state index contributed by atoms with van der Waals surface area (Å²) in [6.45, 7) is 6.23. The number of hydrogen-bond donors (Lipinski definition) is 1. The number of nitrogens with zero attached hydrogens (tertiary/aromatic N) is 2. The zero-order valence-corrected chi connectivity index (χ0v) is 12.6. The van der Waals surface area contributed by atoms with Gasteiger partial charge >= 0.3 is 0 Å². The van der Waals surface area contributed by atoms with E-state index >= 15 is 0 Å². The summed E-state index contributed by atoms with van der Waals surface area (Å²) < 4.78 is 0. The average Bonchev–Trinajstić information content (AvgIpc) is 2.47. The van der Waals surface area contributed by atoms with Crippen molar-refractivity contribution < 1.29 is 0 Å². The molecule has 0 amide bonds. The molecule has 0 radical (unpaired) electrons. The molecule has 1 aromatic carbocycles. The molecular formula is C17H23N3. The molecule has 0 saturated carbocycles. The Labute approximate surface area is 121 Å². The summed E-state index contributed by atoms with van der Waals surface area (Å²) in [5.74, 6) is 0. The largest absolute Gasteiger partial charge is 0.320 e. The van der Waals surface area contributed by atoms with Crippen LogP contribution >= 0.6 is 0 Å². The number of benzene rings is 1. The van der Waals surface area contributed by atoms with Crippen LogP contribution in [-0.2, 0) is 12.8 Å². The monoisotopic (exact) mass is 269 g/mol. The van der Waals surface area contributed by atoms with E-state index in [1.165, 1.54) is 5.56 Å². The van der Waals surface area contributed by atoms with Gasteiger partial charge in [0, 0.05) is 0 Å². The van der Waals surface area contributed by atoms with Gasteiger partial charge in [-0.15, -0.1) is 0 Å². The van der Waals surface area contributed by atoms with Crippen LogP contribution in [0.5, 0.6) is 0 Å². The molecule has 0 spiro atoms. The van der Waals surface area contributed by atoms with E-state index in [9.17, 15) is 0 Å². The highest BCUT2D eigenvalue weighted by molar-refractivity contribution is 5.36. The van der Waals surface area contributed by atoms with Gasteiger partial charge in [0.25, 0.3) is 0 Å². The third-order valence-electron chi connectivity index (χ3n) is 3.54. The maximum Gasteiger partial charge on any atom is 0.0679 e. The summed E-state index contributed by atoms with van der Waals surface area (Å²) in [5, 5.41) is 8.40. The molecular weight excluding hydrogens is 246 g/mol. The number of nitrogens with two attached hydrogens (primary N) is 1. The molecule has 2 N–H and O–H groups in total. The smallest absolute Gasteiger partial charge is 0.0679 e. The van der Waals surface area contributed by atoms with Gasteiger partial charge in [-0.2, -0.15) is 10.2 Å².